The molecule has 1 aliphatic rings. The minimum atomic E-state index is -3.75. The predicted octanol–water partition coefficient (Wildman–Crippen LogP) is -0.267. The lowest BCUT2D eigenvalue weighted by molar-refractivity contribution is -0.119. The van der Waals surface area contributed by atoms with Crippen LogP contribution in [0.2, 0.25) is 0 Å². The number of hydrogen-bond acceptors (Lipinski definition) is 4. The predicted molar refractivity (Wildman–Crippen MR) is 86.6 cm³/mol. The molecule has 0 atom stereocenters. The van der Waals surface area contributed by atoms with Crippen molar-refractivity contribution < 1.29 is 22.4 Å². The first kappa shape index (κ1) is 18.0. The van der Waals surface area contributed by atoms with Gasteiger partial charge in [0.2, 0.25) is 15.9 Å². The standard InChI is InChI=1S/C14H19FN4O4S/c1-24(22,23)19(12-4-2-3-11(15)9-12)10-13(20)16-5-7-18-8-6-17-14(18)21/h2-4,9H,5-8,10H2,1H3,(H,16,20)(H,17,21). The van der Waals surface area contributed by atoms with Crippen LogP contribution in [0.15, 0.2) is 24.3 Å². The van der Waals surface area contributed by atoms with Gasteiger partial charge < -0.3 is 15.5 Å². The second-order valence-electron chi connectivity index (χ2n) is 5.32. The van der Waals surface area contributed by atoms with E-state index in [-0.39, 0.29) is 18.3 Å². The SMILES string of the molecule is CS(=O)(=O)N(CC(=O)NCCN1CCNC1=O)c1cccc(F)c1. The Morgan fingerprint density at radius 1 is 1.46 bits per heavy atom. The highest BCUT2D eigenvalue weighted by molar-refractivity contribution is 7.92. The van der Waals surface area contributed by atoms with Crippen molar-refractivity contribution in [1.82, 2.24) is 15.5 Å². The largest absolute Gasteiger partial charge is 0.353 e. The summed E-state index contributed by atoms with van der Waals surface area (Å²) in [5, 5.41) is 5.19. The number of rotatable bonds is 7. The van der Waals surface area contributed by atoms with Crippen molar-refractivity contribution in [3.05, 3.63) is 30.1 Å². The highest BCUT2D eigenvalue weighted by atomic mass is 32.2. The van der Waals surface area contributed by atoms with Crippen molar-refractivity contribution in [2.75, 3.05) is 43.3 Å². The van der Waals surface area contributed by atoms with Gasteiger partial charge in [-0.1, -0.05) is 6.07 Å². The van der Waals surface area contributed by atoms with E-state index in [1.54, 1.807) is 4.90 Å². The molecule has 0 unspecified atom stereocenters. The lowest BCUT2D eigenvalue weighted by Gasteiger charge is -2.22. The quantitative estimate of drug-likeness (QED) is 0.701. The summed E-state index contributed by atoms with van der Waals surface area (Å²) in [6.45, 7) is 1.19. The number of benzene rings is 1. The lowest BCUT2D eigenvalue weighted by Crippen LogP contribution is -2.43. The van der Waals surface area contributed by atoms with Crippen LogP contribution in [0, 0.1) is 5.82 Å². The molecule has 132 valence electrons. The van der Waals surface area contributed by atoms with E-state index in [2.05, 4.69) is 10.6 Å². The fourth-order valence-corrected chi connectivity index (χ4v) is 3.12. The highest BCUT2D eigenvalue weighted by Crippen LogP contribution is 2.18. The zero-order valence-corrected chi connectivity index (χ0v) is 14.0. The minimum Gasteiger partial charge on any atom is -0.353 e. The van der Waals surface area contributed by atoms with E-state index in [1.165, 1.54) is 18.2 Å². The average Bonchev–Trinajstić information content (AvgIpc) is 2.89. The van der Waals surface area contributed by atoms with Crippen LogP contribution in [0.4, 0.5) is 14.9 Å². The van der Waals surface area contributed by atoms with Crippen molar-refractivity contribution in [3.8, 4) is 0 Å². The number of amides is 3. The van der Waals surface area contributed by atoms with Crippen LogP contribution in [-0.2, 0) is 14.8 Å². The molecule has 0 saturated carbocycles. The monoisotopic (exact) mass is 358 g/mol. The van der Waals surface area contributed by atoms with Gasteiger partial charge in [-0.15, -0.1) is 0 Å². The van der Waals surface area contributed by atoms with Crippen LogP contribution < -0.4 is 14.9 Å². The molecule has 0 spiro atoms. The summed E-state index contributed by atoms with van der Waals surface area (Å²) in [7, 11) is -3.75. The summed E-state index contributed by atoms with van der Waals surface area (Å²) in [4.78, 5) is 24.9. The van der Waals surface area contributed by atoms with Crippen molar-refractivity contribution in [2.45, 2.75) is 0 Å². The number of hydrogen-bond donors (Lipinski definition) is 2. The average molecular weight is 358 g/mol. The number of carbonyl (C=O) groups is 2. The molecular weight excluding hydrogens is 339 g/mol. The minimum absolute atomic E-state index is 0.0755. The van der Waals surface area contributed by atoms with Crippen LogP contribution >= 0.6 is 0 Å². The first-order chi connectivity index (χ1) is 11.3. The van der Waals surface area contributed by atoms with Gasteiger partial charge in [-0.25, -0.2) is 17.6 Å². The van der Waals surface area contributed by atoms with E-state index >= 15 is 0 Å². The van der Waals surface area contributed by atoms with Crippen LogP contribution in [0.1, 0.15) is 0 Å². The molecule has 0 radical (unpaired) electrons. The summed E-state index contributed by atoms with van der Waals surface area (Å²) in [6, 6.07) is 4.81. The number of carbonyl (C=O) groups excluding carboxylic acids is 2. The van der Waals surface area contributed by atoms with Crippen molar-refractivity contribution in [3.63, 3.8) is 0 Å². The van der Waals surface area contributed by atoms with Crippen LogP contribution in [-0.4, -0.2) is 64.2 Å². The topological polar surface area (TPSA) is 98.8 Å². The summed E-state index contributed by atoms with van der Waals surface area (Å²) in [5.41, 5.74) is 0.0755. The third-order valence-corrected chi connectivity index (χ3v) is 4.57. The zero-order valence-electron chi connectivity index (χ0n) is 13.2. The Labute approximate surface area is 139 Å². The van der Waals surface area contributed by atoms with Gasteiger partial charge in [0, 0.05) is 26.2 Å². The van der Waals surface area contributed by atoms with Gasteiger partial charge in [0.05, 0.1) is 11.9 Å². The Morgan fingerprint density at radius 3 is 2.79 bits per heavy atom. The molecule has 10 heteroatoms. The molecule has 2 rings (SSSR count). The van der Waals surface area contributed by atoms with Crippen molar-refractivity contribution >= 4 is 27.6 Å². The smallest absolute Gasteiger partial charge is 0.317 e. The normalized spacial score (nSPS) is 14.4. The third-order valence-electron chi connectivity index (χ3n) is 3.43. The fourth-order valence-electron chi connectivity index (χ4n) is 2.27. The number of urea groups is 1. The maximum absolute atomic E-state index is 13.3. The van der Waals surface area contributed by atoms with Crippen molar-refractivity contribution in [2.24, 2.45) is 0 Å². The highest BCUT2D eigenvalue weighted by Gasteiger charge is 2.22. The third kappa shape index (κ3) is 4.82. The summed E-state index contributed by atoms with van der Waals surface area (Å²) < 4.78 is 37.9. The molecule has 1 heterocycles. The number of sulfonamides is 1. The molecule has 8 nitrogen and oxygen atoms in total. The number of anilines is 1. The first-order valence-corrected chi connectivity index (χ1v) is 9.15. The molecule has 3 amide bonds. The molecule has 1 fully saturated rings. The van der Waals surface area contributed by atoms with Gasteiger partial charge in [0.1, 0.15) is 12.4 Å². The molecule has 0 aromatic heterocycles. The maximum atomic E-state index is 13.3. The Bertz CT molecular complexity index is 725. The van der Waals surface area contributed by atoms with Crippen LogP contribution in [0.5, 0.6) is 0 Å². The maximum Gasteiger partial charge on any atom is 0.317 e. The Balaban J connectivity index is 1.94. The summed E-state index contributed by atoms with van der Waals surface area (Å²) in [5.74, 6) is -1.13. The molecule has 2 N–H and O–H groups in total. The van der Waals surface area contributed by atoms with Gasteiger partial charge in [0.15, 0.2) is 0 Å². The van der Waals surface area contributed by atoms with E-state index in [9.17, 15) is 22.4 Å². The summed E-state index contributed by atoms with van der Waals surface area (Å²) in [6.07, 6.45) is 0.944. The number of nitrogens with zero attached hydrogens (tertiary/aromatic N) is 2. The Kier molecular flexibility index (Phi) is 5.60. The van der Waals surface area contributed by atoms with E-state index in [0.717, 1.165) is 16.6 Å². The number of halogens is 1. The molecular formula is C14H19FN4O4S. The van der Waals surface area contributed by atoms with E-state index < -0.39 is 28.3 Å². The fraction of sp³-hybridized carbons (Fsp3) is 0.429. The van der Waals surface area contributed by atoms with E-state index in [1.807, 2.05) is 0 Å². The molecule has 1 aliphatic heterocycles. The second kappa shape index (κ2) is 7.47. The zero-order chi connectivity index (χ0) is 17.7. The molecule has 1 aromatic carbocycles. The molecule has 0 bridgehead atoms. The van der Waals surface area contributed by atoms with Gasteiger partial charge in [-0.05, 0) is 18.2 Å². The Hall–Kier alpha value is -2.36. The van der Waals surface area contributed by atoms with Gasteiger partial charge in [-0.2, -0.15) is 0 Å². The van der Waals surface area contributed by atoms with Gasteiger partial charge in [0.25, 0.3) is 0 Å². The lowest BCUT2D eigenvalue weighted by atomic mass is 10.3. The first-order valence-electron chi connectivity index (χ1n) is 7.30. The van der Waals surface area contributed by atoms with E-state index in [4.69, 9.17) is 0 Å². The molecule has 0 aliphatic carbocycles. The van der Waals surface area contributed by atoms with Gasteiger partial charge >= 0.3 is 6.03 Å². The van der Waals surface area contributed by atoms with Crippen LogP contribution in [0.25, 0.3) is 0 Å². The summed E-state index contributed by atoms with van der Waals surface area (Å²) >= 11 is 0. The van der Waals surface area contributed by atoms with Crippen molar-refractivity contribution in [1.29, 1.82) is 0 Å². The van der Waals surface area contributed by atoms with E-state index in [0.29, 0.717) is 19.6 Å². The van der Waals surface area contributed by atoms with Crippen LogP contribution in [0.3, 0.4) is 0 Å². The second-order valence-corrected chi connectivity index (χ2v) is 7.23. The molecule has 1 saturated heterocycles. The molecule has 1 aromatic rings. The number of nitrogens with one attached hydrogen (secondary N) is 2. The van der Waals surface area contributed by atoms with Gasteiger partial charge in [-0.3, -0.25) is 9.10 Å². The molecule has 24 heavy (non-hydrogen) atoms. The Morgan fingerprint density at radius 2 is 2.21 bits per heavy atom.